The van der Waals surface area contributed by atoms with E-state index in [1.807, 2.05) is 60.4 Å². The first-order valence-electron chi connectivity index (χ1n) is 10.9. The molecule has 1 saturated heterocycles. The summed E-state index contributed by atoms with van der Waals surface area (Å²) in [6.45, 7) is 12.1. The number of allylic oxidation sites excluding steroid dienone is 1. The van der Waals surface area contributed by atoms with Crippen molar-refractivity contribution in [2.45, 2.75) is 51.1 Å². The lowest BCUT2D eigenvalue weighted by atomic mass is 9.66. The zero-order valence-corrected chi connectivity index (χ0v) is 20.5. The minimum absolute atomic E-state index is 0.0243. The number of nitrogens with zero attached hydrogens (tertiary/aromatic N) is 1. The van der Waals surface area contributed by atoms with Gasteiger partial charge in [-0.1, -0.05) is 74.0 Å². The monoisotopic (exact) mass is 471 g/mol. The van der Waals surface area contributed by atoms with Gasteiger partial charge in [-0.05, 0) is 48.2 Å². The van der Waals surface area contributed by atoms with E-state index in [2.05, 4.69) is 26.1 Å². The molecule has 0 aromatic heterocycles. The molecule has 32 heavy (non-hydrogen) atoms. The third-order valence-corrected chi connectivity index (χ3v) is 7.00. The van der Waals surface area contributed by atoms with Crippen LogP contribution in [-0.2, 0) is 9.53 Å². The van der Waals surface area contributed by atoms with Crippen LogP contribution >= 0.6 is 23.2 Å². The van der Waals surface area contributed by atoms with Crippen molar-refractivity contribution in [3.8, 4) is 0 Å². The van der Waals surface area contributed by atoms with Crippen molar-refractivity contribution in [2.75, 3.05) is 7.11 Å². The Morgan fingerprint density at radius 2 is 1.91 bits per heavy atom. The summed E-state index contributed by atoms with van der Waals surface area (Å²) in [6, 6.07) is 15.4. The van der Waals surface area contributed by atoms with E-state index in [-0.39, 0.29) is 23.9 Å². The maximum Gasteiger partial charge on any atom is 0.230 e. The first-order chi connectivity index (χ1) is 15.2. The lowest BCUT2D eigenvalue weighted by molar-refractivity contribution is -0.153. The van der Waals surface area contributed by atoms with Gasteiger partial charge in [-0.2, -0.15) is 0 Å². The highest BCUT2D eigenvalue weighted by atomic mass is 35.5. The molecule has 3 nitrogen and oxygen atoms in total. The van der Waals surface area contributed by atoms with E-state index >= 15 is 0 Å². The summed E-state index contributed by atoms with van der Waals surface area (Å²) in [6.07, 6.45) is 3.73. The number of benzene rings is 2. The summed E-state index contributed by atoms with van der Waals surface area (Å²) >= 11 is 12.6. The molecule has 3 rings (SSSR count). The van der Waals surface area contributed by atoms with E-state index in [0.29, 0.717) is 28.6 Å². The third-order valence-electron chi connectivity index (χ3n) is 6.51. The fraction of sp³-hybridized carbons (Fsp3) is 0.370. The molecule has 2 aromatic carbocycles. The second-order valence-corrected chi connectivity index (χ2v) is 9.64. The van der Waals surface area contributed by atoms with Crippen LogP contribution in [0.5, 0.6) is 0 Å². The highest BCUT2D eigenvalue weighted by Gasteiger charge is 2.51. The lowest BCUT2D eigenvalue weighted by Gasteiger charge is -2.51. The van der Waals surface area contributed by atoms with E-state index in [9.17, 15) is 4.79 Å². The number of rotatable bonds is 8. The normalized spacial score (nSPS) is 24.2. The molecule has 0 saturated carbocycles. The third kappa shape index (κ3) is 4.89. The molecular weight excluding hydrogens is 441 g/mol. The highest BCUT2D eigenvalue weighted by Crippen LogP contribution is 2.52. The predicted octanol–water partition coefficient (Wildman–Crippen LogP) is 7.57. The van der Waals surface area contributed by atoms with Gasteiger partial charge in [-0.3, -0.25) is 4.79 Å². The number of hydrogen-bond acceptors (Lipinski definition) is 2. The van der Waals surface area contributed by atoms with Crippen LogP contribution < -0.4 is 0 Å². The van der Waals surface area contributed by atoms with Crippen molar-refractivity contribution in [3.05, 3.63) is 94.7 Å². The summed E-state index contributed by atoms with van der Waals surface area (Å²) in [5, 5.41) is 1.35. The van der Waals surface area contributed by atoms with E-state index < -0.39 is 5.41 Å². The van der Waals surface area contributed by atoms with E-state index in [4.69, 9.17) is 27.9 Å². The summed E-state index contributed by atoms with van der Waals surface area (Å²) in [4.78, 5) is 16.1. The van der Waals surface area contributed by atoms with Crippen LogP contribution in [0.25, 0.3) is 0 Å². The molecule has 0 unspecified atom stereocenters. The molecule has 5 heteroatoms. The van der Waals surface area contributed by atoms with E-state index in [0.717, 1.165) is 17.5 Å². The van der Waals surface area contributed by atoms with Crippen LogP contribution in [0.4, 0.5) is 0 Å². The molecule has 2 aromatic rings. The summed E-state index contributed by atoms with van der Waals surface area (Å²) in [7, 11) is 1.60. The molecule has 0 aliphatic carbocycles. The zero-order chi connectivity index (χ0) is 23.5. The van der Waals surface area contributed by atoms with Crippen molar-refractivity contribution in [3.63, 3.8) is 0 Å². The zero-order valence-electron chi connectivity index (χ0n) is 19.0. The van der Waals surface area contributed by atoms with Gasteiger partial charge in [-0.15, -0.1) is 6.58 Å². The summed E-state index contributed by atoms with van der Waals surface area (Å²) in [5.74, 6) is 0.708. The first-order valence-corrected chi connectivity index (χ1v) is 11.7. The second-order valence-electron chi connectivity index (χ2n) is 8.77. The number of likely N-dealkylation sites (tertiary alicyclic amines) is 1. The number of hydrogen-bond donors (Lipinski definition) is 0. The molecular formula is C27H31Cl2NO2. The molecule has 1 fully saturated rings. The Morgan fingerprint density at radius 1 is 1.22 bits per heavy atom. The molecule has 1 heterocycles. The fourth-order valence-corrected chi connectivity index (χ4v) is 5.22. The molecule has 1 aliphatic heterocycles. The average Bonchev–Trinajstić information content (AvgIpc) is 2.78. The van der Waals surface area contributed by atoms with Gasteiger partial charge in [-0.25, -0.2) is 0 Å². The standard InChI is InChI=1S/C27H31Cl2NO2/c1-6-23(7-2)30-25(19-11-13-21(28)14-12-19)24(20-9-8-10-22(29)15-20)17-27(4,26(30)31)16-18(3)32-5/h6,8-15,23-25H,1,3,7,16-17H2,2,4-5H3/t23-,24-,25-,27+/m1/s1. The number of halogens is 2. The van der Waals surface area contributed by atoms with Crippen LogP contribution in [0.3, 0.4) is 0 Å². The number of piperidine rings is 1. The Labute approximate surface area is 201 Å². The fourth-order valence-electron chi connectivity index (χ4n) is 4.90. The maximum atomic E-state index is 14.1. The number of ether oxygens (including phenoxy) is 1. The Bertz CT molecular complexity index is 987. The van der Waals surface area contributed by atoms with Crippen LogP contribution in [-0.4, -0.2) is 24.0 Å². The number of carbonyl (C=O) groups is 1. The maximum absolute atomic E-state index is 14.1. The molecule has 0 bridgehead atoms. The molecule has 1 aliphatic rings. The average molecular weight is 472 g/mol. The van der Waals surface area contributed by atoms with E-state index in [1.165, 1.54) is 0 Å². The Hall–Kier alpha value is -2.23. The molecule has 170 valence electrons. The number of carbonyl (C=O) groups excluding carboxylic acids is 1. The molecule has 0 spiro atoms. The van der Waals surface area contributed by atoms with Crippen molar-refractivity contribution in [2.24, 2.45) is 5.41 Å². The topological polar surface area (TPSA) is 29.5 Å². The Balaban J connectivity index is 2.22. The molecule has 1 amide bonds. The molecule has 4 atom stereocenters. The quantitative estimate of drug-likeness (QED) is 0.293. The molecule has 0 radical (unpaired) electrons. The Morgan fingerprint density at radius 3 is 2.47 bits per heavy atom. The number of methoxy groups -OCH3 is 1. The minimum atomic E-state index is -0.667. The van der Waals surface area contributed by atoms with Crippen molar-refractivity contribution in [1.82, 2.24) is 4.90 Å². The van der Waals surface area contributed by atoms with Gasteiger partial charge >= 0.3 is 0 Å². The van der Waals surface area contributed by atoms with Crippen molar-refractivity contribution < 1.29 is 9.53 Å². The van der Waals surface area contributed by atoms with Gasteiger partial charge < -0.3 is 9.64 Å². The van der Waals surface area contributed by atoms with E-state index in [1.54, 1.807) is 7.11 Å². The molecule has 0 N–H and O–H groups in total. The van der Waals surface area contributed by atoms with Crippen LogP contribution in [0.1, 0.15) is 56.2 Å². The van der Waals surface area contributed by atoms with Crippen LogP contribution in [0, 0.1) is 5.41 Å². The van der Waals surface area contributed by atoms with Gasteiger partial charge in [0.1, 0.15) is 0 Å². The Kier molecular flexibility index (Phi) is 7.74. The summed E-state index contributed by atoms with van der Waals surface area (Å²) in [5.41, 5.74) is 1.48. The SMILES string of the molecule is C=C[C@H](CC)N1C(=O)[C@@](C)(CC(=C)OC)C[C@H](c2cccc(Cl)c2)[C@H]1c1ccc(Cl)cc1. The van der Waals surface area contributed by atoms with Gasteiger partial charge in [0.2, 0.25) is 5.91 Å². The lowest BCUT2D eigenvalue weighted by Crippen LogP contribution is -2.55. The van der Waals surface area contributed by atoms with Gasteiger partial charge in [0.25, 0.3) is 0 Å². The van der Waals surface area contributed by atoms with Gasteiger partial charge in [0.15, 0.2) is 0 Å². The largest absolute Gasteiger partial charge is 0.502 e. The smallest absolute Gasteiger partial charge is 0.230 e. The van der Waals surface area contributed by atoms with Crippen LogP contribution in [0.15, 0.2) is 73.5 Å². The summed E-state index contributed by atoms with van der Waals surface area (Å²) < 4.78 is 5.38. The highest BCUT2D eigenvalue weighted by molar-refractivity contribution is 6.30. The predicted molar refractivity (Wildman–Crippen MR) is 133 cm³/mol. The number of amides is 1. The van der Waals surface area contributed by atoms with Gasteiger partial charge in [0.05, 0.1) is 30.4 Å². The van der Waals surface area contributed by atoms with Crippen molar-refractivity contribution in [1.29, 1.82) is 0 Å². The van der Waals surface area contributed by atoms with Crippen LogP contribution in [0.2, 0.25) is 10.0 Å². The van der Waals surface area contributed by atoms with Crippen molar-refractivity contribution >= 4 is 29.1 Å². The first kappa shape index (κ1) is 24.4. The second kappa shape index (κ2) is 10.1. The van der Waals surface area contributed by atoms with Gasteiger partial charge in [0, 0.05) is 22.4 Å². The minimum Gasteiger partial charge on any atom is -0.502 e.